The molecule has 770 valence electrons. The summed E-state index contributed by atoms with van der Waals surface area (Å²) in [6, 6.07) is 39.6. The third kappa shape index (κ3) is 42.9. The maximum atomic E-state index is 5.23. The quantitative estimate of drug-likeness (QED) is 0.0426. The molecule has 30 heteroatoms. The number of nitrogens with zero attached hydrogens (tertiary/aromatic N) is 25. The van der Waals surface area contributed by atoms with Crippen LogP contribution in [0.3, 0.4) is 0 Å². The number of hydrogen-bond donors (Lipinski definition) is 0. The van der Waals surface area contributed by atoms with Crippen molar-refractivity contribution < 1.29 is 23.7 Å². The fourth-order valence-corrected chi connectivity index (χ4v) is 18.2. The molecule has 0 spiro atoms. The first-order valence-electron chi connectivity index (χ1n) is 51.8. The second-order valence-electron chi connectivity index (χ2n) is 40.0. The van der Waals surface area contributed by atoms with Gasteiger partial charge in [0.1, 0.15) is 23.1 Å². The molecule has 16 rings (SSSR count). The summed E-state index contributed by atoms with van der Waals surface area (Å²) in [5.74, 6) is 4.87. The van der Waals surface area contributed by atoms with Crippen LogP contribution < -0.4 is 23.7 Å². The van der Waals surface area contributed by atoms with Crippen LogP contribution >= 0.6 is 0 Å². The highest BCUT2D eigenvalue weighted by atomic mass is 16.5. The number of pyridine rings is 7. The maximum absolute atomic E-state index is 5.23. The Bertz CT molecular complexity index is 4190. The van der Waals surface area contributed by atoms with Gasteiger partial charge < -0.3 is 23.7 Å². The van der Waals surface area contributed by atoms with Crippen LogP contribution in [-0.2, 0) is 52.4 Å². The van der Waals surface area contributed by atoms with E-state index in [0.717, 1.165) is 268 Å². The molecule has 0 bridgehead atoms. The van der Waals surface area contributed by atoms with E-state index in [9.17, 15) is 0 Å². The number of piperazine rings is 8. The summed E-state index contributed by atoms with van der Waals surface area (Å²) in [6.45, 7) is 82.8. The molecule has 8 aromatic rings. The average Bonchev–Trinajstić information content (AvgIpc) is 0.888. The smallest absolute Gasteiger partial charge is 0.213 e. The lowest BCUT2D eigenvalue weighted by Gasteiger charge is -2.36. The molecule has 8 fully saturated rings. The molecule has 0 saturated carbocycles. The van der Waals surface area contributed by atoms with Gasteiger partial charge in [-0.1, -0.05) is 24.3 Å². The molecule has 8 aliphatic rings. The fourth-order valence-electron chi connectivity index (χ4n) is 18.2. The molecule has 0 radical (unpaired) electrons. The van der Waals surface area contributed by atoms with Crippen LogP contribution in [0.1, 0.15) is 162 Å². The van der Waals surface area contributed by atoms with Crippen molar-refractivity contribution in [1.82, 2.24) is 123 Å². The molecule has 0 amide bonds. The van der Waals surface area contributed by atoms with Crippen molar-refractivity contribution in [3.05, 3.63) is 204 Å². The number of aromatic nitrogens is 9. The van der Waals surface area contributed by atoms with E-state index in [4.69, 9.17) is 23.7 Å². The van der Waals surface area contributed by atoms with E-state index in [1.54, 1.807) is 47.9 Å². The first-order valence-corrected chi connectivity index (χ1v) is 51.8. The van der Waals surface area contributed by atoms with E-state index >= 15 is 0 Å². The SMILES string of the molecule is CC(C)N1CCN(Cc2ccccn2)CC1.CC(C)N1CCN(Cc2ncccn2)CC1.COc1ccc(CN2CCN(C(C)C)CC2)cn1.COc1ccc(CN2CCN(C(C)C)CC2)nc1.COc1cccc(CN2CCN(C(C)C)CC2)n1.COc1ccnc(CN2CCN(C(C)C)CC2)c1.COc1cncc(CN2CCN(C(C)C)CC2)c1.Cc1cccc(CN2CCN(C(C)C)CC2)n1. The van der Waals surface area contributed by atoms with Crippen molar-refractivity contribution in [2.75, 3.05) is 245 Å². The van der Waals surface area contributed by atoms with Gasteiger partial charge in [0.2, 0.25) is 11.8 Å². The molecule has 30 nitrogen and oxygen atoms in total. The van der Waals surface area contributed by atoms with Crippen LogP contribution in [0.15, 0.2) is 153 Å². The topological polar surface area (TPSA) is 214 Å². The van der Waals surface area contributed by atoms with Crippen molar-refractivity contribution in [3.8, 4) is 29.0 Å². The molecule has 8 aromatic heterocycles. The van der Waals surface area contributed by atoms with Crippen LogP contribution in [0.25, 0.3) is 0 Å². The Morgan fingerprint density at radius 3 is 0.942 bits per heavy atom. The molecule has 16 heterocycles. The summed E-state index contributed by atoms with van der Waals surface area (Å²) < 4.78 is 25.8. The van der Waals surface area contributed by atoms with Gasteiger partial charge in [0.05, 0.1) is 83.0 Å². The van der Waals surface area contributed by atoms with Crippen LogP contribution in [0.4, 0.5) is 0 Å². The molecule has 0 aromatic carbocycles. The minimum atomic E-state index is 0.655. The van der Waals surface area contributed by atoms with Gasteiger partial charge in [-0.05, 0) is 189 Å². The van der Waals surface area contributed by atoms with Crippen LogP contribution in [-0.4, -0.2) is 417 Å². The highest BCUT2D eigenvalue weighted by Crippen LogP contribution is 2.22. The molecule has 8 saturated heterocycles. The largest absolute Gasteiger partial charge is 0.497 e. The lowest BCUT2D eigenvalue weighted by molar-refractivity contribution is 0.102. The van der Waals surface area contributed by atoms with E-state index in [2.05, 4.69) is 289 Å². The summed E-state index contributed by atoms with van der Waals surface area (Å²) in [5.41, 5.74) is 9.28. The number of methoxy groups -OCH3 is 5. The summed E-state index contributed by atoms with van der Waals surface area (Å²) in [6.07, 6.45) is 14.7. The lowest BCUT2D eigenvalue weighted by Crippen LogP contribution is -2.48. The van der Waals surface area contributed by atoms with Gasteiger partial charge in [-0.25, -0.2) is 19.9 Å². The second-order valence-corrected chi connectivity index (χ2v) is 40.0. The Balaban J connectivity index is 0.000000178. The van der Waals surface area contributed by atoms with E-state index in [-0.39, 0.29) is 0 Å². The number of rotatable bonds is 29. The van der Waals surface area contributed by atoms with Gasteiger partial charge in [-0.2, -0.15) is 0 Å². The van der Waals surface area contributed by atoms with Crippen molar-refractivity contribution in [2.45, 2.75) is 218 Å². The molecule has 8 aliphatic heterocycles. The number of ether oxygens (including phenoxy) is 5. The van der Waals surface area contributed by atoms with E-state index in [0.29, 0.717) is 60.1 Å². The van der Waals surface area contributed by atoms with Crippen LogP contribution in [0.5, 0.6) is 29.0 Å². The van der Waals surface area contributed by atoms with Crippen LogP contribution in [0, 0.1) is 6.92 Å². The van der Waals surface area contributed by atoms with E-state index in [1.165, 1.54) is 61.8 Å². The first kappa shape index (κ1) is 114. The van der Waals surface area contributed by atoms with E-state index in [1.807, 2.05) is 91.8 Å². The van der Waals surface area contributed by atoms with Gasteiger partial charge >= 0.3 is 0 Å². The van der Waals surface area contributed by atoms with Gasteiger partial charge in [-0.15, -0.1) is 0 Å². The zero-order valence-electron chi connectivity index (χ0n) is 89.6. The minimum Gasteiger partial charge on any atom is -0.497 e. The Hall–Kier alpha value is -8.51. The molecule has 0 unspecified atom stereocenters. The first-order chi connectivity index (χ1) is 67.1. The van der Waals surface area contributed by atoms with Gasteiger partial charge in [0, 0.05) is 365 Å². The van der Waals surface area contributed by atoms with Crippen molar-refractivity contribution in [1.29, 1.82) is 0 Å². The number of aryl methyl sites for hydroxylation is 1. The zero-order valence-corrected chi connectivity index (χ0v) is 89.6. The highest BCUT2D eigenvalue weighted by Gasteiger charge is 2.28. The predicted molar refractivity (Wildman–Crippen MR) is 565 cm³/mol. The van der Waals surface area contributed by atoms with Crippen molar-refractivity contribution in [3.63, 3.8) is 0 Å². The molecular weight excluding hydrogens is 1740 g/mol. The molecule has 0 atom stereocenters. The average molecular weight is 1920 g/mol. The Labute approximate surface area is 838 Å². The molecule has 139 heavy (non-hydrogen) atoms. The van der Waals surface area contributed by atoms with Crippen molar-refractivity contribution in [2.24, 2.45) is 0 Å². The second kappa shape index (κ2) is 62.8. The van der Waals surface area contributed by atoms with Gasteiger partial charge in [0.15, 0.2) is 0 Å². The normalized spacial score (nSPS) is 18.5. The van der Waals surface area contributed by atoms with Crippen LogP contribution in [0.2, 0.25) is 0 Å². The predicted octanol–water partition coefficient (Wildman–Crippen LogP) is 12.6. The third-order valence-electron chi connectivity index (χ3n) is 27.6. The molecule has 0 N–H and O–H groups in total. The summed E-state index contributed by atoms with van der Waals surface area (Å²) in [7, 11) is 8.35. The van der Waals surface area contributed by atoms with Crippen molar-refractivity contribution >= 4 is 0 Å². The van der Waals surface area contributed by atoms with Gasteiger partial charge in [0.25, 0.3) is 0 Å². The standard InChI is InChI=1S/5C14H23N3O.C14H23N3.C13H21N3.C12H20N4/c1-12(2)17-6-4-16(5-7-17)11-13-8-14(18-3)10-15-9-13;1-12(2)17-8-6-16(7-9-17)11-13-10-14(18-3)4-5-15-13;1-12(2)17-8-6-16(7-9-17)11-13-4-5-14(18-3)10-15-13;1-12(2)17-8-6-16(7-9-17)11-13-4-5-14(18-3)15-10-13;1-12(2)17-9-7-16(8-10-17)11-13-5-4-6-14(15-13)18-3;1-12(2)17-9-7-16(8-10-17)11-14-6-4-5-13(3)15-14;1-12(2)16-9-7-15(8-10-16)11-13-5-3-4-6-14-13;1-11(2)16-8-6-15(7-9-16)10-12-13-4-3-5-14-12/h8-10,12H,4-7,11H2,1-3H3;3*4-5,10,12H,6-9,11H2,1-3H3;4-6,12H,7-11H2,1-3H3;4-6,12H,7-11H2,1-3H3;3-6,12H,7-11H2,1-2H3;3-5,11H,6-10H2,1-2H3. The Kier molecular flexibility index (Phi) is 51.5. The minimum absolute atomic E-state index is 0.655. The zero-order chi connectivity index (χ0) is 99.8. The van der Waals surface area contributed by atoms with Gasteiger partial charge in [-0.3, -0.25) is 103 Å². The monoisotopic (exact) mass is 1920 g/mol. The molecule has 0 aliphatic carbocycles. The fraction of sp³-hybridized carbons (Fsp3) is 0.642. The highest BCUT2D eigenvalue weighted by molar-refractivity contribution is 5.25. The van der Waals surface area contributed by atoms with E-state index < -0.39 is 0 Å². The summed E-state index contributed by atoms with van der Waals surface area (Å²) in [4.78, 5) is 79.2. The third-order valence-corrected chi connectivity index (χ3v) is 27.6. The molecular formula is C109H179N25O5. The number of hydrogen-bond acceptors (Lipinski definition) is 30. The maximum Gasteiger partial charge on any atom is 0.213 e. The summed E-state index contributed by atoms with van der Waals surface area (Å²) in [5, 5.41) is 0. The Morgan fingerprint density at radius 2 is 0.583 bits per heavy atom. The Morgan fingerprint density at radius 1 is 0.230 bits per heavy atom. The summed E-state index contributed by atoms with van der Waals surface area (Å²) >= 11 is 0. The lowest BCUT2D eigenvalue weighted by atomic mass is 10.2.